The highest BCUT2D eigenvalue weighted by molar-refractivity contribution is 5.87. The van der Waals surface area contributed by atoms with Gasteiger partial charge in [-0.3, -0.25) is 9.59 Å². The van der Waals surface area contributed by atoms with Crippen LogP contribution in [0.2, 0.25) is 0 Å². The minimum absolute atomic E-state index is 0.300. The van der Waals surface area contributed by atoms with E-state index in [1.807, 2.05) is 0 Å². The smallest absolute Gasteiger partial charge is 0.326 e. The van der Waals surface area contributed by atoms with E-state index >= 15 is 0 Å². The summed E-state index contributed by atoms with van der Waals surface area (Å²) in [5.41, 5.74) is 0. The number of ether oxygens (including phenoxy) is 1. The topological polar surface area (TPSA) is 92.7 Å². The van der Waals surface area contributed by atoms with E-state index in [-0.39, 0.29) is 12.3 Å². The summed E-state index contributed by atoms with van der Waals surface area (Å²) in [6.45, 7) is 4.78. The van der Waals surface area contributed by atoms with Crippen LogP contribution in [0, 0.1) is 0 Å². The van der Waals surface area contributed by atoms with E-state index < -0.39 is 18.0 Å². The minimum Gasteiger partial charge on any atom is -0.480 e. The van der Waals surface area contributed by atoms with Crippen LogP contribution in [-0.4, -0.2) is 35.6 Å². The second-order valence-electron chi connectivity index (χ2n) is 10.7. The van der Waals surface area contributed by atoms with E-state index in [9.17, 15) is 19.5 Å². The van der Waals surface area contributed by atoms with Gasteiger partial charge in [0.1, 0.15) is 6.04 Å². The molecule has 0 aromatic rings. The molecule has 0 heterocycles. The van der Waals surface area contributed by atoms with Gasteiger partial charge in [0.2, 0.25) is 5.91 Å². The van der Waals surface area contributed by atoms with Crippen LogP contribution >= 0.6 is 0 Å². The maximum absolute atomic E-state index is 12.1. The Hall–Kier alpha value is -1.59. The average Bonchev–Trinajstić information content (AvgIpc) is 2.87. The molecule has 1 amide bonds. The highest BCUT2D eigenvalue weighted by atomic mass is 16.5. The van der Waals surface area contributed by atoms with Crippen molar-refractivity contribution in [2.24, 2.45) is 0 Å². The lowest BCUT2D eigenvalue weighted by atomic mass is 10.1. The number of hydrogen-bond donors (Lipinski definition) is 2. The first-order valence-electron chi connectivity index (χ1n) is 15.7. The summed E-state index contributed by atoms with van der Waals surface area (Å²) in [5.74, 6) is -2.06. The zero-order valence-corrected chi connectivity index (χ0v) is 24.3. The van der Waals surface area contributed by atoms with Crippen LogP contribution in [0.15, 0.2) is 0 Å². The first-order chi connectivity index (χ1) is 18.0. The SMILES string of the molecule is CCCCCCCCCCCCCCOC(=O)C[C@H](NC(=O)CCCCCCCCCCCC)C(=O)O. The number of aliphatic carboxylic acids is 1. The van der Waals surface area contributed by atoms with Gasteiger partial charge in [0.05, 0.1) is 13.0 Å². The zero-order valence-electron chi connectivity index (χ0n) is 24.3. The number of esters is 1. The van der Waals surface area contributed by atoms with Gasteiger partial charge in [0, 0.05) is 6.42 Å². The molecule has 0 radical (unpaired) electrons. The largest absolute Gasteiger partial charge is 0.480 e. The Balaban J connectivity index is 3.71. The van der Waals surface area contributed by atoms with Gasteiger partial charge in [-0.05, 0) is 12.8 Å². The van der Waals surface area contributed by atoms with Gasteiger partial charge in [0.15, 0.2) is 0 Å². The Morgan fingerprint density at radius 1 is 0.595 bits per heavy atom. The van der Waals surface area contributed by atoms with Gasteiger partial charge in [-0.2, -0.15) is 0 Å². The van der Waals surface area contributed by atoms with Crippen molar-refractivity contribution >= 4 is 17.8 Å². The second kappa shape index (κ2) is 27.4. The third-order valence-corrected chi connectivity index (χ3v) is 7.02. The van der Waals surface area contributed by atoms with Crippen molar-refractivity contribution in [2.45, 2.75) is 174 Å². The highest BCUT2D eigenvalue weighted by Crippen LogP contribution is 2.13. The van der Waals surface area contributed by atoms with Gasteiger partial charge in [-0.1, -0.05) is 142 Å². The quantitative estimate of drug-likeness (QED) is 0.0789. The number of carbonyl (C=O) groups excluding carboxylic acids is 2. The molecule has 0 rings (SSSR count). The van der Waals surface area contributed by atoms with E-state index in [0.29, 0.717) is 13.0 Å². The van der Waals surface area contributed by atoms with E-state index in [1.54, 1.807) is 0 Å². The first-order valence-corrected chi connectivity index (χ1v) is 15.7. The third kappa shape index (κ3) is 25.8. The summed E-state index contributed by atoms with van der Waals surface area (Å²) in [6, 6.07) is -1.22. The summed E-state index contributed by atoms with van der Waals surface area (Å²) >= 11 is 0. The molecule has 0 aliphatic heterocycles. The summed E-state index contributed by atoms with van der Waals surface area (Å²) < 4.78 is 5.21. The predicted octanol–water partition coefficient (Wildman–Crippen LogP) is 8.50. The normalized spacial score (nSPS) is 11.8. The molecule has 1 atom stereocenters. The molecule has 37 heavy (non-hydrogen) atoms. The lowest BCUT2D eigenvalue weighted by Crippen LogP contribution is -2.42. The Morgan fingerprint density at radius 3 is 1.38 bits per heavy atom. The van der Waals surface area contributed by atoms with Crippen molar-refractivity contribution in [1.29, 1.82) is 0 Å². The number of carboxylic acids is 1. The van der Waals surface area contributed by atoms with Gasteiger partial charge in [-0.15, -0.1) is 0 Å². The van der Waals surface area contributed by atoms with Crippen molar-refractivity contribution in [3.63, 3.8) is 0 Å². The Bertz CT molecular complexity index is 552. The maximum atomic E-state index is 12.1. The molecule has 218 valence electrons. The Kier molecular flexibility index (Phi) is 26.3. The van der Waals surface area contributed by atoms with Crippen LogP contribution in [0.25, 0.3) is 0 Å². The molecule has 0 aliphatic carbocycles. The lowest BCUT2D eigenvalue weighted by Gasteiger charge is -2.14. The third-order valence-electron chi connectivity index (χ3n) is 7.02. The van der Waals surface area contributed by atoms with E-state index in [4.69, 9.17) is 4.74 Å². The molecule has 0 fully saturated rings. The van der Waals surface area contributed by atoms with Crippen LogP contribution < -0.4 is 5.32 Å². The van der Waals surface area contributed by atoms with Crippen LogP contribution in [0.5, 0.6) is 0 Å². The van der Waals surface area contributed by atoms with Crippen molar-refractivity contribution in [3.8, 4) is 0 Å². The van der Waals surface area contributed by atoms with Crippen LogP contribution in [0.4, 0.5) is 0 Å². The summed E-state index contributed by atoms with van der Waals surface area (Å²) in [4.78, 5) is 35.7. The molecule has 0 spiro atoms. The maximum Gasteiger partial charge on any atom is 0.326 e. The standard InChI is InChI=1S/C31H59NO5/c1-3-5-7-9-11-13-15-16-18-20-22-24-26-37-30(34)27-28(31(35)36)32-29(33)25-23-21-19-17-14-12-10-8-6-4-2/h28H,3-27H2,1-2H3,(H,32,33)(H,35,36)/t28-/m0/s1. The van der Waals surface area contributed by atoms with Crippen molar-refractivity contribution in [1.82, 2.24) is 5.32 Å². The molecule has 0 aromatic heterocycles. The van der Waals surface area contributed by atoms with E-state index in [2.05, 4.69) is 19.2 Å². The average molecular weight is 526 g/mol. The van der Waals surface area contributed by atoms with E-state index in [0.717, 1.165) is 38.5 Å². The van der Waals surface area contributed by atoms with Crippen LogP contribution in [0.3, 0.4) is 0 Å². The minimum atomic E-state index is -1.22. The van der Waals surface area contributed by atoms with Gasteiger partial charge >= 0.3 is 11.9 Å². The monoisotopic (exact) mass is 525 g/mol. The summed E-state index contributed by atoms with van der Waals surface area (Å²) in [5, 5.41) is 11.9. The van der Waals surface area contributed by atoms with Gasteiger partial charge < -0.3 is 15.2 Å². The van der Waals surface area contributed by atoms with Gasteiger partial charge in [0.25, 0.3) is 0 Å². The molecule has 6 heteroatoms. The Labute approximate surface area is 228 Å². The molecule has 6 nitrogen and oxygen atoms in total. The molecule has 0 saturated carbocycles. The molecular formula is C31H59NO5. The molecule has 0 unspecified atom stereocenters. The fourth-order valence-electron chi connectivity index (χ4n) is 4.59. The van der Waals surface area contributed by atoms with E-state index in [1.165, 1.54) is 103 Å². The van der Waals surface area contributed by atoms with Crippen LogP contribution in [0.1, 0.15) is 168 Å². The number of nitrogens with one attached hydrogen (secondary N) is 1. The second-order valence-corrected chi connectivity index (χ2v) is 10.7. The molecule has 0 bridgehead atoms. The molecule has 0 saturated heterocycles. The lowest BCUT2D eigenvalue weighted by molar-refractivity contribution is -0.150. The number of amides is 1. The fourth-order valence-corrected chi connectivity index (χ4v) is 4.59. The number of carbonyl (C=O) groups is 3. The molecule has 2 N–H and O–H groups in total. The summed E-state index contributed by atoms with van der Waals surface area (Å²) in [7, 11) is 0. The van der Waals surface area contributed by atoms with Crippen LogP contribution in [-0.2, 0) is 19.1 Å². The van der Waals surface area contributed by atoms with Crippen molar-refractivity contribution < 1.29 is 24.2 Å². The zero-order chi connectivity index (χ0) is 27.4. The van der Waals surface area contributed by atoms with Crippen molar-refractivity contribution in [3.05, 3.63) is 0 Å². The Morgan fingerprint density at radius 2 is 0.973 bits per heavy atom. The van der Waals surface area contributed by atoms with Crippen molar-refractivity contribution in [2.75, 3.05) is 6.61 Å². The molecule has 0 aliphatic rings. The predicted molar refractivity (Wildman–Crippen MR) is 153 cm³/mol. The molecule has 0 aromatic carbocycles. The number of rotatable bonds is 28. The number of carboxylic acid groups (broad SMARTS) is 1. The highest BCUT2D eigenvalue weighted by Gasteiger charge is 2.23. The number of unbranched alkanes of at least 4 members (excludes halogenated alkanes) is 20. The number of hydrogen-bond acceptors (Lipinski definition) is 4. The fraction of sp³-hybridized carbons (Fsp3) is 0.903. The first kappa shape index (κ1) is 35.4. The van der Waals surface area contributed by atoms with Gasteiger partial charge in [-0.25, -0.2) is 4.79 Å². The molecular weight excluding hydrogens is 466 g/mol. The summed E-state index contributed by atoms with van der Waals surface area (Å²) in [6.07, 6.45) is 26.6.